The molecule has 0 aromatic heterocycles. The van der Waals surface area contributed by atoms with Gasteiger partial charge in [-0.3, -0.25) is 15.0 Å². The van der Waals surface area contributed by atoms with E-state index in [9.17, 15) is 38.3 Å². The smallest absolute Gasteiger partial charge is 0.408 e. The second-order valence-electron chi connectivity index (χ2n) is 7.28. The van der Waals surface area contributed by atoms with Crippen molar-refractivity contribution >= 4 is 27.8 Å². The lowest BCUT2D eigenvalue weighted by molar-refractivity contribution is -0.384. The largest absolute Gasteiger partial charge is 0.480 e. The Morgan fingerprint density at radius 3 is 2.22 bits per heavy atom. The molecule has 2 N–H and O–H groups in total. The molecule has 0 aliphatic carbocycles. The Morgan fingerprint density at radius 2 is 1.72 bits per heavy atom. The minimum Gasteiger partial charge on any atom is -0.480 e. The van der Waals surface area contributed by atoms with E-state index in [2.05, 4.69) is 0 Å². The molecule has 170 valence electrons. The van der Waals surface area contributed by atoms with Crippen LogP contribution in [0.4, 0.5) is 10.5 Å². The number of hydrogen-bond acceptors (Lipinski definition) is 6. The fourth-order valence-corrected chi connectivity index (χ4v) is 5.37. The first-order valence-corrected chi connectivity index (χ1v) is 11.1. The van der Waals surface area contributed by atoms with Crippen LogP contribution < -0.4 is 0 Å². The third-order valence-electron chi connectivity index (χ3n) is 5.33. The summed E-state index contributed by atoms with van der Waals surface area (Å²) < 4.78 is 27.8. The van der Waals surface area contributed by atoms with Gasteiger partial charge in [0, 0.05) is 31.3 Å². The Hall–Kier alpha value is -3.51. The molecular weight excluding hydrogens is 442 g/mol. The van der Waals surface area contributed by atoms with Gasteiger partial charge >= 0.3 is 12.1 Å². The summed E-state index contributed by atoms with van der Waals surface area (Å²) in [6, 6.07) is 11.0. The summed E-state index contributed by atoms with van der Waals surface area (Å²) in [5, 5.41) is 29.6. The normalized spacial score (nSPS) is 18.6. The Bertz CT molecular complexity index is 1080. The van der Waals surface area contributed by atoms with Crippen LogP contribution in [0.2, 0.25) is 0 Å². The molecule has 1 fully saturated rings. The Morgan fingerprint density at radius 1 is 1.09 bits per heavy atom. The lowest BCUT2D eigenvalue weighted by Gasteiger charge is -2.28. The van der Waals surface area contributed by atoms with Crippen molar-refractivity contribution in [3.05, 3.63) is 70.3 Å². The number of nitro benzene ring substituents is 1. The number of amides is 1. The van der Waals surface area contributed by atoms with E-state index in [0.29, 0.717) is 5.56 Å². The molecule has 2 aromatic carbocycles. The van der Waals surface area contributed by atoms with E-state index in [1.807, 2.05) is 0 Å². The van der Waals surface area contributed by atoms with Crippen molar-refractivity contribution in [2.75, 3.05) is 13.1 Å². The third-order valence-corrected chi connectivity index (χ3v) is 7.30. The van der Waals surface area contributed by atoms with Gasteiger partial charge in [0.1, 0.15) is 6.04 Å². The molecule has 1 aliphatic rings. The zero-order chi connectivity index (χ0) is 23.5. The van der Waals surface area contributed by atoms with Crippen LogP contribution in [-0.4, -0.2) is 70.0 Å². The van der Waals surface area contributed by atoms with Crippen LogP contribution in [0.1, 0.15) is 12.0 Å². The Kier molecular flexibility index (Phi) is 6.75. The molecule has 2 aromatic rings. The van der Waals surface area contributed by atoms with Crippen molar-refractivity contribution in [1.29, 1.82) is 0 Å². The maximum absolute atomic E-state index is 13.4. The molecule has 0 bridgehead atoms. The molecule has 0 saturated carbocycles. The number of aliphatic carboxylic acids is 1. The highest BCUT2D eigenvalue weighted by molar-refractivity contribution is 7.89. The fraction of sp³-hybridized carbons (Fsp3) is 0.300. The number of carboxylic acids is 1. The van der Waals surface area contributed by atoms with E-state index in [4.69, 9.17) is 0 Å². The zero-order valence-corrected chi connectivity index (χ0v) is 17.6. The fourth-order valence-electron chi connectivity index (χ4n) is 3.72. The number of rotatable bonds is 8. The number of sulfonamides is 1. The predicted molar refractivity (Wildman–Crippen MR) is 112 cm³/mol. The number of non-ortho nitro benzene ring substituents is 1. The van der Waals surface area contributed by atoms with Gasteiger partial charge in [-0.2, -0.15) is 4.31 Å². The molecule has 1 aliphatic heterocycles. The lowest BCUT2D eigenvalue weighted by Crippen LogP contribution is -2.43. The van der Waals surface area contributed by atoms with E-state index in [0.717, 1.165) is 9.21 Å². The first-order valence-electron chi connectivity index (χ1n) is 9.64. The summed E-state index contributed by atoms with van der Waals surface area (Å²) in [7, 11) is -4.06. The van der Waals surface area contributed by atoms with Gasteiger partial charge in [0.25, 0.3) is 5.69 Å². The predicted octanol–water partition coefficient (Wildman–Crippen LogP) is 2.03. The lowest BCUT2D eigenvalue weighted by atomic mass is 10.1. The molecule has 2 atom stereocenters. The van der Waals surface area contributed by atoms with E-state index < -0.39 is 39.1 Å². The van der Waals surface area contributed by atoms with Crippen LogP contribution >= 0.6 is 0 Å². The Labute approximate surface area is 183 Å². The van der Waals surface area contributed by atoms with Gasteiger partial charge in [0.15, 0.2) is 0 Å². The first-order chi connectivity index (χ1) is 15.1. The van der Waals surface area contributed by atoms with Gasteiger partial charge in [0.05, 0.1) is 9.82 Å². The highest BCUT2D eigenvalue weighted by Crippen LogP contribution is 2.28. The van der Waals surface area contributed by atoms with Gasteiger partial charge in [-0.25, -0.2) is 18.0 Å². The molecule has 11 nitrogen and oxygen atoms in total. The maximum atomic E-state index is 13.4. The molecule has 0 radical (unpaired) electrons. The number of nitrogens with zero attached hydrogens (tertiary/aromatic N) is 3. The van der Waals surface area contributed by atoms with E-state index >= 15 is 0 Å². The zero-order valence-electron chi connectivity index (χ0n) is 16.8. The average molecular weight is 463 g/mol. The average Bonchev–Trinajstić information content (AvgIpc) is 3.20. The van der Waals surface area contributed by atoms with Crippen molar-refractivity contribution in [3.8, 4) is 0 Å². The quantitative estimate of drug-likeness (QED) is 0.444. The van der Waals surface area contributed by atoms with Crippen molar-refractivity contribution in [1.82, 2.24) is 9.21 Å². The standard InChI is InChI=1S/C20H21N3O8S/c24-19(25)18-12-16(13-21(18)20(26)27)22(32(30,31)17-4-2-1-3-5-17)11-10-14-6-8-15(9-7-14)23(28)29/h1-9,16,18H,10-13H2,(H,24,25)(H,26,27)/t16-,18+/m1/s1. The van der Waals surface area contributed by atoms with E-state index in [1.165, 1.54) is 36.4 Å². The van der Waals surface area contributed by atoms with Gasteiger partial charge in [-0.15, -0.1) is 0 Å². The highest BCUT2D eigenvalue weighted by atomic mass is 32.2. The molecule has 3 rings (SSSR count). The van der Waals surface area contributed by atoms with Crippen molar-refractivity contribution < 1.29 is 33.1 Å². The second kappa shape index (κ2) is 9.32. The summed E-state index contributed by atoms with van der Waals surface area (Å²) >= 11 is 0. The summed E-state index contributed by atoms with van der Waals surface area (Å²) in [4.78, 5) is 34.1. The monoisotopic (exact) mass is 463 g/mol. The second-order valence-corrected chi connectivity index (χ2v) is 9.17. The minimum atomic E-state index is -4.06. The molecule has 1 heterocycles. The van der Waals surface area contributed by atoms with Crippen LogP contribution in [0.5, 0.6) is 0 Å². The molecule has 0 spiro atoms. The Balaban J connectivity index is 1.90. The molecule has 32 heavy (non-hydrogen) atoms. The van der Waals surface area contributed by atoms with Crippen LogP contribution in [0.3, 0.4) is 0 Å². The van der Waals surface area contributed by atoms with Crippen molar-refractivity contribution in [2.45, 2.75) is 29.8 Å². The van der Waals surface area contributed by atoms with E-state index in [1.54, 1.807) is 18.2 Å². The molecule has 12 heteroatoms. The van der Waals surface area contributed by atoms with Gasteiger partial charge < -0.3 is 10.2 Å². The summed E-state index contributed by atoms with van der Waals surface area (Å²) in [6.07, 6.45) is -1.42. The number of nitro groups is 1. The van der Waals surface area contributed by atoms with Crippen molar-refractivity contribution in [2.24, 2.45) is 0 Å². The number of carbonyl (C=O) groups is 2. The number of carboxylic acid groups (broad SMARTS) is 2. The number of likely N-dealkylation sites (tertiary alicyclic amines) is 1. The minimum absolute atomic E-state index is 0.00403. The highest BCUT2D eigenvalue weighted by Gasteiger charge is 2.45. The van der Waals surface area contributed by atoms with Crippen LogP contribution in [0.25, 0.3) is 0 Å². The van der Waals surface area contributed by atoms with Gasteiger partial charge in [-0.05, 0) is 30.5 Å². The van der Waals surface area contributed by atoms with Crippen LogP contribution in [0.15, 0.2) is 59.5 Å². The van der Waals surface area contributed by atoms with Crippen molar-refractivity contribution in [3.63, 3.8) is 0 Å². The summed E-state index contributed by atoms with van der Waals surface area (Å²) in [5.41, 5.74) is 0.548. The van der Waals surface area contributed by atoms with Gasteiger partial charge in [0.2, 0.25) is 10.0 Å². The molecule has 1 amide bonds. The SMILES string of the molecule is O=C(O)[C@@H]1C[C@@H](N(CCc2ccc([N+](=O)[O-])cc2)S(=O)(=O)c2ccccc2)CN1C(=O)O. The number of hydrogen-bond donors (Lipinski definition) is 2. The molecule has 1 saturated heterocycles. The van der Waals surface area contributed by atoms with Crippen LogP contribution in [0, 0.1) is 10.1 Å². The summed E-state index contributed by atoms with van der Waals surface area (Å²) in [6.45, 7) is -0.335. The maximum Gasteiger partial charge on any atom is 0.408 e. The third kappa shape index (κ3) is 4.86. The molecule has 0 unspecified atom stereocenters. The molecular formula is C20H21N3O8S. The topological polar surface area (TPSA) is 158 Å². The van der Waals surface area contributed by atoms with Gasteiger partial charge in [-0.1, -0.05) is 30.3 Å². The number of benzene rings is 2. The first kappa shape index (κ1) is 23.2. The van der Waals surface area contributed by atoms with E-state index in [-0.39, 0.29) is 36.5 Å². The summed E-state index contributed by atoms with van der Waals surface area (Å²) in [5.74, 6) is -1.35. The van der Waals surface area contributed by atoms with Crippen LogP contribution in [-0.2, 0) is 21.2 Å².